The molecule has 0 bridgehead atoms. The lowest BCUT2D eigenvalue weighted by Gasteiger charge is -2.45. The lowest BCUT2D eigenvalue weighted by molar-refractivity contribution is -0.136. The molecule has 1 N–H and O–H groups in total. The zero-order chi connectivity index (χ0) is 14.2. The van der Waals surface area contributed by atoms with Crippen LogP contribution in [0.15, 0.2) is 18.2 Å². The average Bonchev–Trinajstić information content (AvgIpc) is 2.36. The molecule has 0 unspecified atom stereocenters. The van der Waals surface area contributed by atoms with E-state index in [1.807, 2.05) is 18.7 Å². The van der Waals surface area contributed by atoms with Gasteiger partial charge in [0.25, 0.3) is 0 Å². The number of aromatic carboxylic acids is 1. The molecular weight excluding hydrogens is 246 g/mol. The minimum Gasteiger partial charge on any atom is -0.477 e. The fraction of sp³-hybridized carbons (Fsp3) is 0.462. The van der Waals surface area contributed by atoms with Gasteiger partial charge in [0.2, 0.25) is 5.91 Å². The maximum Gasteiger partial charge on any atom is 0.354 e. The fourth-order valence-electron chi connectivity index (χ4n) is 2.31. The van der Waals surface area contributed by atoms with E-state index >= 15 is 0 Å². The lowest BCUT2D eigenvalue weighted by atomic mass is 9.98. The third-order valence-electron chi connectivity index (χ3n) is 3.43. The normalized spacial score (nSPS) is 18.6. The molecule has 2 heterocycles. The van der Waals surface area contributed by atoms with Crippen LogP contribution >= 0.6 is 0 Å². The maximum atomic E-state index is 12.2. The Labute approximate surface area is 111 Å². The van der Waals surface area contributed by atoms with Crippen LogP contribution in [-0.2, 0) is 4.79 Å². The fourth-order valence-corrected chi connectivity index (χ4v) is 2.31. The first-order valence-corrected chi connectivity index (χ1v) is 6.07. The van der Waals surface area contributed by atoms with E-state index in [1.165, 1.54) is 6.07 Å². The molecular formula is C13H17N3O3. The van der Waals surface area contributed by atoms with Crippen LogP contribution in [0, 0.1) is 0 Å². The molecule has 0 aliphatic carbocycles. The first-order valence-electron chi connectivity index (χ1n) is 6.07. The summed E-state index contributed by atoms with van der Waals surface area (Å²) in [6, 6.07) is 4.81. The summed E-state index contributed by atoms with van der Waals surface area (Å²) in [5.74, 6) is -0.548. The van der Waals surface area contributed by atoms with Gasteiger partial charge in [0.05, 0.1) is 0 Å². The monoisotopic (exact) mass is 263 g/mol. The summed E-state index contributed by atoms with van der Waals surface area (Å²) in [5, 5.41) is 8.98. The molecule has 102 valence electrons. The largest absolute Gasteiger partial charge is 0.477 e. The predicted octanol–water partition coefficient (Wildman–Crippen LogP) is 0.837. The zero-order valence-corrected chi connectivity index (χ0v) is 11.3. The van der Waals surface area contributed by atoms with Crippen LogP contribution in [0.3, 0.4) is 0 Å². The number of nitrogens with zero attached hydrogens (tertiary/aromatic N) is 3. The van der Waals surface area contributed by atoms with Crippen LogP contribution in [0.5, 0.6) is 0 Å². The first-order chi connectivity index (χ1) is 8.84. The van der Waals surface area contributed by atoms with E-state index in [9.17, 15) is 9.59 Å². The number of aromatic nitrogens is 1. The van der Waals surface area contributed by atoms with Gasteiger partial charge in [0, 0.05) is 20.1 Å². The van der Waals surface area contributed by atoms with Crippen molar-refractivity contribution < 1.29 is 14.7 Å². The second-order valence-corrected chi connectivity index (χ2v) is 5.12. The highest BCUT2D eigenvalue weighted by molar-refractivity contribution is 5.90. The van der Waals surface area contributed by atoms with E-state index in [1.54, 1.807) is 24.1 Å². The third kappa shape index (κ3) is 2.25. The number of hydrogen-bond acceptors (Lipinski definition) is 4. The molecule has 1 fully saturated rings. The van der Waals surface area contributed by atoms with Crippen molar-refractivity contribution in [1.29, 1.82) is 0 Å². The molecule has 1 aromatic heterocycles. The van der Waals surface area contributed by atoms with Crippen LogP contribution in [0.4, 0.5) is 5.82 Å². The summed E-state index contributed by atoms with van der Waals surface area (Å²) in [6.45, 7) is 4.87. The van der Waals surface area contributed by atoms with Crippen molar-refractivity contribution in [3.05, 3.63) is 23.9 Å². The van der Waals surface area contributed by atoms with Gasteiger partial charge in [-0.05, 0) is 26.0 Å². The second-order valence-electron chi connectivity index (χ2n) is 5.12. The molecule has 0 saturated carbocycles. The van der Waals surface area contributed by atoms with Gasteiger partial charge in [-0.1, -0.05) is 6.07 Å². The number of carboxylic acids is 1. The molecule has 0 atom stereocenters. The summed E-state index contributed by atoms with van der Waals surface area (Å²) in [5.41, 5.74) is -0.739. The minimum absolute atomic E-state index is 0.00118. The van der Waals surface area contributed by atoms with E-state index in [0.29, 0.717) is 18.9 Å². The van der Waals surface area contributed by atoms with Gasteiger partial charge in [-0.15, -0.1) is 0 Å². The van der Waals surface area contributed by atoms with Crippen molar-refractivity contribution >= 4 is 17.7 Å². The van der Waals surface area contributed by atoms with Gasteiger partial charge in [-0.25, -0.2) is 9.78 Å². The van der Waals surface area contributed by atoms with Crippen LogP contribution in [-0.4, -0.2) is 52.5 Å². The zero-order valence-electron chi connectivity index (χ0n) is 11.3. The summed E-state index contributed by atoms with van der Waals surface area (Å²) < 4.78 is 0. The van der Waals surface area contributed by atoms with Gasteiger partial charge in [0.1, 0.15) is 11.4 Å². The highest BCUT2D eigenvalue weighted by Crippen LogP contribution is 2.27. The number of likely N-dealkylation sites (N-methyl/N-ethyl adjacent to an activating group) is 1. The molecule has 1 aliphatic rings. The number of carbonyl (C=O) groups excluding carboxylic acids is 1. The molecule has 2 rings (SSSR count). The van der Waals surface area contributed by atoms with Crippen LogP contribution in [0.2, 0.25) is 0 Å². The molecule has 0 spiro atoms. The van der Waals surface area contributed by atoms with Gasteiger partial charge < -0.3 is 14.9 Å². The van der Waals surface area contributed by atoms with Gasteiger partial charge in [-0.3, -0.25) is 4.79 Å². The highest BCUT2D eigenvalue weighted by Gasteiger charge is 2.41. The molecule has 0 aromatic carbocycles. The smallest absolute Gasteiger partial charge is 0.354 e. The van der Waals surface area contributed by atoms with Crippen molar-refractivity contribution in [1.82, 2.24) is 9.88 Å². The maximum absolute atomic E-state index is 12.2. The van der Waals surface area contributed by atoms with Gasteiger partial charge >= 0.3 is 5.97 Å². The van der Waals surface area contributed by atoms with Gasteiger partial charge in [-0.2, -0.15) is 0 Å². The minimum atomic E-state index is -1.07. The van der Waals surface area contributed by atoms with Gasteiger partial charge in [0.15, 0.2) is 5.69 Å². The number of piperazine rings is 1. The number of hydrogen-bond donors (Lipinski definition) is 1. The molecule has 1 amide bonds. The van der Waals surface area contributed by atoms with E-state index in [2.05, 4.69) is 4.98 Å². The average molecular weight is 263 g/mol. The number of pyridine rings is 1. The van der Waals surface area contributed by atoms with Crippen LogP contribution < -0.4 is 4.90 Å². The Morgan fingerprint density at radius 2 is 2.05 bits per heavy atom. The quantitative estimate of drug-likeness (QED) is 0.855. The number of amides is 1. The number of anilines is 1. The molecule has 6 heteroatoms. The van der Waals surface area contributed by atoms with E-state index < -0.39 is 11.5 Å². The number of carboxylic acid groups (broad SMARTS) is 1. The Bertz CT molecular complexity index is 528. The van der Waals surface area contributed by atoms with Crippen molar-refractivity contribution in [3.63, 3.8) is 0 Å². The van der Waals surface area contributed by atoms with Crippen molar-refractivity contribution in [2.45, 2.75) is 19.4 Å². The molecule has 6 nitrogen and oxygen atoms in total. The predicted molar refractivity (Wildman–Crippen MR) is 70.3 cm³/mol. The van der Waals surface area contributed by atoms with Crippen molar-refractivity contribution in [2.24, 2.45) is 0 Å². The van der Waals surface area contributed by atoms with E-state index in [0.717, 1.165) is 0 Å². The lowest BCUT2D eigenvalue weighted by Crippen LogP contribution is -2.62. The molecule has 19 heavy (non-hydrogen) atoms. The van der Waals surface area contributed by atoms with Crippen LogP contribution in [0.1, 0.15) is 24.3 Å². The number of carbonyl (C=O) groups is 2. The third-order valence-corrected chi connectivity index (χ3v) is 3.43. The standard InChI is InChI=1S/C13H17N3O3/c1-13(2)12(19)15(3)7-8-16(13)10-6-4-5-9(14-10)11(17)18/h4-6H,7-8H2,1-3H3,(H,17,18). The Kier molecular flexibility index (Phi) is 3.18. The SMILES string of the molecule is CN1CCN(c2cccc(C(=O)O)n2)C(C)(C)C1=O. The Morgan fingerprint density at radius 3 is 2.68 bits per heavy atom. The second kappa shape index (κ2) is 4.53. The first kappa shape index (κ1) is 13.3. The summed E-state index contributed by atoms with van der Waals surface area (Å²) in [4.78, 5) is 30.8. The van der Waals surface area contributed by atoms with E-state index in [-0.39, 0.29) is 11.6 Å². The van der Waals surface area contributed by atoms with Crippen molar-refractivity contribution in [2.75, 3.05) is 25.0 Å². The summed E-state index contributed by atoms with van der Waals surface area (Å²) in [6.07, 6.45) is 0. The van der Waals surface area contributed by atoms with E-state index in [4.69, 9.17) is 5.11 Å². The number of rotatable bonds is 2. The molecule has 1 aromatic rings. The van der Waals surface area contributed by atoms with Crippen molar-refractivity contribution in [3.8, 4) is 0 Å². The Morgan fingerprint density at radius 1 is 1.37 bits per heavy atom. The Balaban J connectivity index is 2.38. The highest BCUT2D eigenvalue weighted by atomic mass is 16.4. The molecule has 1 aliphatic heterocycles. The Hall–Kier alpha value is -2.11. The molecule has 0 radical (unpaired) electrons. The summed E-state index contributed by atoms with van der Waals surface area (Å²) in [7, 11) is 1.77. The summed E-state index contributed by atoms with van der Waals surface area (Å²) >= 11 is 0. The van der Waals surface area contributed by atoms with Crippen LogP contribution in [0.25, 0.3) is 0 Å². The molecule has 1 saturated heterocycles. The topological polar surface area (TPSA) is 73.7 Å².